The molecule has 0 saturated carbocycles. The normalized spacial score (nSPS) is 7.55. The van der Waals surface area contributed by atoms with Crippen LogP contribution in [0, 0.1) is 0 Å². The fraction of sp³-hybridized carbons (Fsp3) is 0.444. The van der Waals surface area contributed by atoms with E-state index in [4.69, 9.17) is 0 Å². The number of ether oxygens (including phenoxy) is 1. The summed E-state index contributed by atoms with van der Waals surface area (Å²) in [5.41, 5.74) is 6.31. The molecule has 11 heavy (non-hydrogen) atoms. The summed E-state index contributed by atoms with van der Waals surface area (Å²) in [4.78, 5) is 10.6. The highest BCUT2D eigenvalue weighted by Gasteiger charge is 1.89. The zero-order valence-electron chi connectivity index (χ0n) is 7.10. The van der Waals surface area contributed by atoms with Crippen molar-refractivity contribution in [2.45, 2.75) is 20.8 Å². The molecule has 0 aromatic carbocycles. The molecule has 0 aromatic heterocycles. The molecule has 60 valence electrons. The van der Waals surface area contributed by atoms with Crippen LogP contribution < -0.4 is 0 Å². The highest BCUT2D eigenvalue weighted by atomic mass is 16.5. The Balaban J connectivity index is 4.14. The van der Waals surface area contributed by atoms with Crippen molar-refractivity contribution in [2.24, 2.45) is 0 Å². The first-order valence-electron chi connectivity index (χ1n) is 3.48. The predicted molar refractivity (Wildman–Crippen MR) is 43.1 cm³/mol. The highest BCUT2D eigenvalue weighted by Crippen LogP contribution is 1.82. The molecule has 0 aromatic rings. The topological polar surface area (TPSA) is 26.3 Å². The van der Waals surface area contributed by atoms with E-state index < -0.39 is 0 Å². The second-order valence-electron chi connectivity index (χ2n) is 2.17. The second-order valence-corrected chi connectivity index (χ2v) is 2.17. The highest BCUT2D eigenvalue weighted by molar-refractivity contribution is 5.81. The molecule has 0 rings (SSSR count). The first kappa shape index (κ1) is 9.77. The summed E-state index contributed by atoms with van der Waals surface area (Å²) in [7, 11) is 0. The molecule has 0 heterocycles. The lowest BCUT2D eigenvalue weighted by Gasteiger charge is -1.90. The lowest BCUT2D eigenvalue weighted by Crippen LogP contribution is -1.97. The van der Waals surface area contributed by atoms with Crippen molar-refractivity contribution >= 4 is 5.97 Å². The molecule has 0 unspecified atom stereocenters. The van der Waals surface area contributed by atoms with E-state index in [0.29, 0.717) is 6.61 Å². The van der Waals surface area contributed by atoms with Crippen LogP contribution in [0.1, 0.15) is 20.8 Å². The van der Waals surface area contributed by atoms with Gasteiger partial charge in [-0.2, -0.15) is 0 Å². The van der Waals surface area contributed by atoms with Crippen LogP contribution >= 0.6 is 0 Å². The Labute approximate surface area is 66.9 Å². The third kappa shape index (κ3) is 6.66. The summed E-state index contributed by atoms with van der Waals surface area (Å²) >= 11 is 0. The van der Waals surface area contributed by atoms with Gasteiger partial charge in [0.2, 0.25) is 0 Å². The van der Waals surface area contributed by atoms with Gasteiger partial charge in [-0.3, -0.25) is 0 Å². The second kappa shape index (κ2) is 5.55. The standard InChI is InChI=1S/C9H12O2/c1-4-11-9(10)7-5-6-8(2)3/h7H,4H2,1-3H3. The summed E-state index contributed by atoms with van der Waals surface area (Å²) in [5, 5.41) is 0. The van der Waals surface area contributed by atoms with Crippen LogP contribution in [0.15, 0.2) is 23.1 Å². The molecule has 0 aliphatic carbocycles. The monoisotopic (exact) mass is 152 g/mol. The first-order chi connectivity index (χ1) is 5.16. The Morgan fingerprint density at radius 1 is 1.55 bits per heavy atom. The van der Waals surface area contributed by atoms with Gasteiger partial charge in [-0.15, -0.1) is 0 Å². The third-order valence-corrected chi connectivity index (χ3v) is 0.799. The molecule has 0 bridgehead atoms. The van der Waals surface area contributed by atoms with Crippen LogP contribution in [0.4, 0.5) is 0 Å². The van der Waals surface area contributed by atoms with Gasteiger partial charge in [-0.25, -0.2) is 4.79 Å². The van der Waals surface area contributed by atoms with Crippen molar-refractivity contribution < 1.29 is 9.53 Å². The molecule has 0 aliphatic rings. The van der Waals surface area contributed by atoms with E-state index >= 15 is 0 Å². The van der Waals surface area contributed by atoms with E-state index in [1.807, 2.05) is 13.8 Å². The van der Waals surface area contributed by atoms with Gasteiger partial charge >= 0.3 is 5.97 Å². The smallest absolute Gasteiger partial charge is 0.339 e. The van der Waals surface area contributed by atoms with Gasteiger partial charge in [0.1, 0.15) is 0 Å². The van der Waals surface area contributed by atoms with Crippen LogP contribution in [0.2, 0.25) is 0 Å². The molecule has 0 spiro atoms. The summed E-state index contributed by atoms with van der Waals surface area (Å²) < 4.78 is 4.62. The van der Waals surface area contributed by atoms with Gasteiger partial charge in [0.05, 0.1) is 12.7 Å². The number of hydrogen-bond acceptors (Lipinski definition) is 2. The van der Waals surface area contributed by atoms with E-state index in [1.165, 1.54) is 6.08 Å². The van der Waals surface area contributed by atoms with E-state index in [0.717, 1.165) is 5.57 Å². The Morgan fingerprint density at radius 3 is 2.64 bits per heavy atom. The van der Waals surface area contributed by atoms with Crippen molar-refractivity contribution in [2.75, 3.05) is 6.61 Å². The summed E-state index contributed by atoms with van der Waals surface area (Å²) in [5.74, 6) is -0.374. The molecule has 0 atom stereocenters. The Hall–Kier alpha value is -1.23. The van der Waals surface area contributed by atoms with Crippen LogP contribution in [0.3, 0.4) is 0 Å². The third-order valence-electron chi connectivity index (χ3n) is 0.799. The van der Waals surface area contributed by atoms with Gasteiger partial charge in [0.25, 0.3) is 0 Å². The van der Waals surface area contributed by atoms with E-state index in [1.54, 1.807) is 6.92 Å². The zero-order chi connectivity index (χ0) is 8.69. The SMILES string of the molecule is CCOC(=O)C=C=C=C(C)C. The number of carbonyl (C=O) groups excluding carboxylic acids is 1. The average Bonchev–Trinajstić information content (AvgIpc) is 1.87. The predicted octanol–water partition coefficient (Wildman–Crippen LogP) is 1.83. The summed E-state index contributed by atoms with van der Waals surface area (Å²) in [6, 6.07) is 0. The van der Waals surface area contributed by atoms with Gasteiger partial charge in [-0.1, -0.05) is 11.5 Å². The van der Waals surface area contributed by atoms with Crippen LogP contribution in [-0.2, 0) is 9.53 Å². The molecule has 0 N–H and O–H groups in total. The maximum Gasteiger partial charge on any atom is 0.339 e. The van der Waals surface area contributed by atoms with Gasteiger partial charge in [0.15, 0.2) is 0 Å². The molecular formula is C9H12O2. The van der Waals surface area contributed by atoms with Gasteiger partial charge in [-0.05, 0) is 26.3 Å². The number of allylic oxidation sites excluding steroid dienone is 1. The lowest BCUT2D eigenvalue weighted by molar-refractivity contribution is -0.137. The fourth-order valence-electron chi connectivity index (χ4n) is 0.423. The van der Waals surface area contributed by atoms with E-state index in [2.05, 4.69) is 16.2 Å². The summed E-state index contributed by atoms with van der Waals surface area (Å²) in [6.45, 7) is 5.92. The summed E-state index contributed by atoms with van der Waals surface area (Å²) in [6.07, 6.45) is 1.23. The quantitative estimate of drug-likeness (QED) is 0.343. The maximum absolute atomic E-state index is 10.6. The molecule has 0 amide bonds. The van der Waals surface area contributed by atoms with Crippen molar-refractivity contribution in [3.63, 3.8) is 0 Å². The van der Waals surface area contributed by atoms with Gasteiger partial charge in [0, 0.05) is 0 Å². The maximum atomic E-state index is 10.6. The van der Waals surface area contributed by atoms with Crippen molar-refractivity contribution in [1.29, 1.82) is 0 Å². The van der Waals surface area contributed by atoms with Crippen LogP contribution in [0.25, 0.3) is 0 Å². The van der Waals surface area contributed by atoms with E-state index in [9.17, 15) is 4.79 Å². The zero-order valence-corrected chi connectivity index (χ0v) is 7.10. The van der Waals surface area contributed by atoms with Crippen molar-refractivity contribution in [3.8, 4) is 0 Å². The molecule has 0 saturated heterocycles. The molecule has 0 radical (unpaired) electrons. The molecular weight excluding hydrogens is 140 g/mol. The molecule has 2 heteroatoms. The molecule has 0 fully saturated rings. The molecule has 2 nitrogen and oxygen atoms in total. The average molecular weight is 152 g/mol. The minimum Gasteiger partial charge on any atom is -0.462 e. The largest absolute Gasteiger partial charge is 0.462 e. The number of carbonyl (C=O) groups is 1. The Kier molecular flexibility index (Phi) is 4.93. The Bertz CT molecular complexity index is 222. The minimum absolute atomic E-state index is 0.374. The minimum atomic E-state index is -0.374. The van der Waals surface area contributed by atoms with Crippen molar-refractivity contribution in [1.82, 2.24) is 0 Å². The van der Waals surface area contributed by atoms with Crippen LogP contribution in [0.5, 0.6) is 0 Å². The fourth-order valence-corrected chi connectivity index (χ4v) is 0.423. The number of esters is 1. The van der Waals surface area contributed by atoms with Crippen molar-refractivity contribution in [3.05, 3.63) is 23.1 Å². The molecule has 0 aliphatic heterocycles. The van der Waals surface area contributed by atoms with E-state index in [-0.39, 0.29) is 5.97 Å². The number of hydrogen-bond donors (Lipinski definition) is 0. The number of rotatable bonds is 2. The van der Waals surface area contributed by atoms with Crippen LogP contribution in [-0.4, -0.2) is 12.6 Å². The Morgan fingerprint density at radius 2 is 2.18 bits per heavy atom. The first-order valence-corrected chi connectivity index (χ1v) is 3.48. The lowest BCUT2D eigenvalue weighted by atomic mass is 10.4. The van der Waals surface area contributed by atoms with Gasteiger partial charge < -0.3 is 4.74 Å².